The Labute approximate surface area is 96.6 Å². The Morgan fingerprint density at radius 3 is 2.62 bits per heavy atom. The van der Waals surface area contributed by atoms with Crippen molar-refractivity contribution < 1.29 is 18.3 Å². The summed E-state index contributed by atoms with van der Waals surface area (Å²) in [4.78, 5) is 10.8. The number of carboxylic acid groups (broad SMARTS) is 1. The third-order valence-corrected chi connectivity index (χ3v) is 3.80. The minimum Gasteiger partial charge on any atom is -0.481 e. The summed E-state index contributed by atoms with van der Waals surface area (Å²) in [5.74, 6) is -1.81. The number of carbonyl (C=O) groups is 1. The van der Waals surface area contributed by atoms with Crippen LogP contribution in [0.1, 0.15) is 17.0 Å². The average Bonchev–Trinajstić information content (AvgIpc) is 2.58. The Morgan fingerprint density at radius 1 is 1.38 bits per heavy atom. The molecular weight excluding hydrogens is 252 g/mol. The van der Waals surface area contributed by atoms with Gasteiger partial charge in [0.2, 0.25) is 0 Å². The summed E-state index contributed by atoms with van der Waals surface area (Å²) >= 11 is 0. The first-order chi connectivity index (χ1) is 7.41. The minimum atomic E-state index is -3.85. The Hall–Kier alpha value is -1.33. The second-order valence-electron chi connectivity index (χ2n) is 3.37. The summed E-state index contributed by atoms with van der Waals surface area (Å²) in [6, 6.07) is 4.42. The van der Waals surface area contributed by atoms with Crippen LogP contribution >= 0.6 is 10.7 Å². The van der Waals surface area contributed by atoms with Crippen LogP contribution in [0.15, 0.2) is 29.2 Å². The molecule has 6 heteroatoms. The Morgan fingerprint density at radius 2 is 2.06 bits per heavy atom. The van der Waals surface area contributed by atoms with E-state index >= 15 is 0 Å². The van der Waals surface area contributed by atoms with E-state index in [-0.39, 0.29) is 4.90 Å². The summed E-state index contributed by atoms with van der Waals surface area (Å²) in [6.07, 6.45) is 2.92. The molecule has 0 radical (unpaired) electrons. The van der Waals surface area contributed by atoms with Crippen molar-refractivity contribution >= 4 is 31.8 Å². The van der Waals surface area contributed by atoms with Crippen LogP contribution < -0.4 is 0 Å². The monoisotopic (exact) mass is 258 g/mol. The smallest absolute Gasteiger partial charge is 0.314 e. The van der Waals surface area contributed by atoms with E-state index < -0.39 is 20.9 Å². The van der Waals surface area contributed by atoms with Gasteiger partial charge in [-0.2, -0.15) is 0 Å². The average molecular weight is 259 g/mol. The Bertz CT molecular complexity index is 589. The fraction of sp³-hybridized carbons (Fsp3) is 0.100. The van der Waals surface area contributed by atoms with Gasteiger partial charge in [0.25, 0.3) is 9.05 Å². The molecule has 0 fully saturated rings. The largest absolute Gasteiger partial charge is 0.481 e. The number of hydrogen-bond acceptors (Lipinski definition) is 3. The molecular formula is C10H7ClO4S. The molecule has 0 spiro atoms. The van der Waals surface area contributed by atoms with Crippen LogP contribution in [-0.4, -0.2) is 19.5 Å². The molecule has 0 bridgehead atoms. The molecule has 4 nitrogen and oxygen atoms in total. The van der Waals surface area contributed by atoms with Crippen LogP contribution in [0.2, 0.25) is 0 Å². The molecule has 1 atom stereocenters. The first-order valence-electron chi connectivity index (χ1n) is 4.40. The van der Waals surface area contributed by atoms with Crippen LogP contribution in [0.5, 0.6) is 0 Å². The van der Waals surface area contributed by atoms with Crippen molar-refractivity contribution in [1.29, 1.82) is 0 Å². The zero-order valence-electron chi connectivity index (χ0n) is 7.92. The number of rotatable bonds is 2. The SMILES string of the molecule is O=C(O)C1C=Cc2c1cccc2S(=O)(=O)Cl. The molecule has 1 aromatic rings. The molecule has 0 saturated carbocycles. The first-order valence-corrected chi connectivity index (χ1v) is 6.71. The third kappa shape index (κ3) is 1.72. The zero-order chi connectivity index (χ0) is 11.9. The quantitative estimate of drug-likeness (QED) is 0.821. The van der Waals surface area contributed by atoms with E-state index in [0.717, 1.165) is 0 Å². The summed E-state index contributed by atoms with van der Waals surface area (Å²) in [5, 5.41) is 8.92. The second kappa shape index (κ2) is 3.61. The third-order valence-electron chi connectivity index (χ3n) is 2.42. The molecule has 1 aromatic carbocycles. The molecule has 16 heavy (non-hydrogen) atoms. The predicted octanol–water partition coefficient (Wildman–Crippen LogP) is 1.81. The molecule has 0 amide bonds. The van der Waals surface area contributed by atoms with Crippen LogP contribution in [0.3, 0.4) is 0 Å². The van der Waals surface area contributed by atoms with Gasteiger partial charge < -0.3 is 5.11 Å². The number of benzene rings is 1. The van der Waals surface area contributed by atoms with E-state index in [2.05, 4.69) is 0 Å². The van der Waals surface area contributed by atoms with Gasteiger partial charge in [0, 0.05) is 10.7 Å². The van der Waals surface area contributed by atoms with Crippen molar-refractivity contribution in [3.05, 3.63) is 35.4 Å². The van der Waals surface area contributed by atoms with Crippen molar-refractivity contribution in [3.8, 4) is 0 Å². The van der Waals surface area contributed by atoms with Crippen molar-refractivity contribution in [2.24, 2.45) is 0 Å². The summed E-state index contributed by atoms with van der Waals surface area (Å²) in [5.41, 5.74) is 0.819. The molecule has 1 aliphatic carbocycles. The summed E-state index contributed by atoms with van der Waals surface area (Å²) in [6.45, 7) is 0. The van der Waals surface area contributed by atoms with Gasteiger partial charge in [-0.25, -0.2) is 8.42 Å². The highest BCUT2D eigenvalue weighted by Gasteiger charge is 2.28. The van der Waals surface area contributed by atoms with E-state index in [1.165, 1.54) is 24.3 Å². The molecule has 0 saturated heterocycles. The molecule has 1 aliphatic rings. The van der Waals surface area contributed by atoms with E-state index in [4.69, 9.17) is 15.8 Å². The first kappa shape index (κ1) is 11.2. The molecule has 84 valence electrons. The maximum Gasteiger partial charge on any atom is 0.314 e. The van der Waals surface area contributed by atoms with Crippen molar-refractivity contribution in [3.63, 3.8) is 0 Å². The van der Waals surface area contributed by atoms with Gasteiger partial charge in [-0.15, -0.1) is 0 Å². The van der Waals surface area contributed by atoms with E-state index in [9.17, 15) is 13.2 Å². The Balaban J connectivity index is 2.66. The standard InChI is InChI=1S/C10H7ClO4S/c11-16(14,15)9-3-1-2-6-7(9)4-5-8(6)10(12)13/h1-5,8H,(H,12,13). The summed E-state index contributed by atoms with van der Waals surface area (Å²) < 4.78 is 22.5. The number of fused-ring (bicyclic) bond motifs is 1. The number of hydrogen-bond donors (Lipinski definition) is 1. The lowest BCUT2D eigenvalue weighted by Gasteiger charge is -2.07. The van der Waals surface area contributed by atoms with Gasteiger partial charge in [-0.1, -0.05) is 24.3 Å². The number of aliphatic carboxylic acids is 1. The molecule has 0 heterocycles. The lowest BCUT2D eigenvalue weighted by atomic mass is 10.0. The van der Waals surface area contributed by atoms with Crippen molar-refractivity contribution in [2.75, 3.05) is 0 Å². The highest BCUT2D eigenvalue weighted by atomic mass is 35.7. The zero-order valence-corrected chi connectivity index (χ0v) is 9.49. The van der Waals surface area contributed by atoms with E-state index in [1.807, 2.05) is 0 Å². The topological polar surface area (TPSA) is 71.4 Å². The number of halogens is 1. The van der Waals surface area contributed by atoms with Crippen LogP contribution in [-0.2, 0) is 13.8 Å². The maximum absolute atomic E-state index is 11.3. The maximum atomic E-state index is 11.3. The fourth-order valence-electron chi connectivity index (χ4n) is 1.73. The van der Waals surface area contributed by atoms with Gasteiger partial charge in [0.15, 0.2) is 0 Å². The summed E-state index contributed by atoms with van der Waals surface area (Å²) in [7, 11) is 1.41. The van der Waals surface area contributed by atoms with Gasteiger partial charge in [-0.05, 0) is 17.2 Å². The predicted molar refractivity (Wildman–Crippen MR) is 58.9 cm³/mol. The lowest BCUT2D eigenvalue weighted by Crippen LogP contribution is -2.08. The normalized spacial score (nSPS) is 18.4. The molecule has 2 rings (SSSR count). The molecule has 1 unspecified atom stereocenters. The highest BCUT2D eigenvalue weighted by molar-refractivity contribution is 8.13. The van der Waals surface area contributed by atoms with Crippen LogP contribution in [0, 0.1) is 0 Å². The van der Waals surface area contributed by atoms with Crippen molar-refractivity contribution in [1.82, 2.24) is 0 Å². The minimum absolute atomic E-state index is 0.0494. The van der Waals surface area contributed by atoms with E-state index in [0.29, 0.717) is 11.1 Å². The van der Waals surface area contributed by atoms with Gasteiger partial charge >= 0.3 is 5.97 Å². The lowest BCUT2D eigenvalue weighted by molar-refractivity contribution is -0.137. The Kier molecular flexibility index (Phi) is 2.52. The number of carboxylic acids is 1. The fourth-order valence-corrected chi connectivity index (χ4v) is 2.83. The van der Waals surface area contributed by atoms with E-state index in [1.54, 1.807) is 6.07 Å². The van der Waals surface area contributed by atoms with Crippen molar-refractivity contribution in [2.45, 2.75) is 10.8 Å². The van der Waals surface area contributed by atoms with Gasteiger partial charge in [0.1, 0.15) is 5.92 Å². The molecule has 0 aromatic heterocycles. The van der Waals surface area contributed by atoms with Gasteiger partial charge in [0.05, 0.1) is 4.90 Å². The van der Waals surface area contributed by atoms with Gasteiger partial charge in [-0.3, -0.25) is 4.79 Å². The van der Waals surface area contributed by atoms with Crippen LogP contribution in [0.4, 0.5) is 0 Å². The highest BCUT2D eigenvalue weighted by Crippen LogP contribution is 2.35. The van der Waals surface area contributed by atoms with Crippen LogP contribution in [0.25, 0.3) is 6.08 Å². The molecule has 0 aliphatic heterocycles. The second-order valence-corrected chi connectivity index (χ2v) is 5.91. The molecule has 1 N–H and O–H groups in total.